The Kier molecular flexibility index (Phi) is 6.86. The fraction of sp³-hybridized carbons (Fsp3) is 0.636. The number of carbonyl (C=O) groups excluding carboxylic acids is 1. The molecule has 0 aliphatic carbocycles. The number of aliphatic carboxylic acids is 1. The van der Waals surface area contributed by atoms with Gasteiger partial charge >= 0.3 is 12.1 Å². The van der Waals surface area contributed by atoms with Crippen LogP contribution in [0.3, 0.4) is 0 Å². The van der Waals surface area contributed by atoms with Crippen molar-refractivity contribution in [2.45, 2.75) is 69.5 Å². The molecule has 0 radical (unpaired) electrons. The van der Waals surface area contributed by atoms with E-state index in [1.165, 1.54) is 0 Å². The van der Waals surface area contributed by atoms with Gasteiger partial charge in [-0.3, -0.25) is 10.2 Å². The SMILES string of the molecule is O=C(O)CCCCCC[C@@H]1[C@H](CNNC(=O)OCc2ccccc2)[C@H]2O[C@@H]1[C@H]1O[C@H]12. The summed E-state index contributed by atoms with van der Waals surface area (Å²) in [5, 5.41) is 8.72. The van der Waals surface area contributed by atoms with Crippen LogP contribution in [0, 0.1) is 11.8 Å². The molecule has 3 aliphatic heterocycles. The second-order valence-corrected chi connectivity index (χ2v) is 8.37. The van der Waals surface area contributed by atoms with Gasteiger partial charge in [-0.15, -0.1) is 0 Å². The van der Waals surface area contributed by atoms with Gasteiger partial charge < -0.3 is 19.3 Å². The number of carbonyl (C=O) groups is 2. The van der Waals surface area contributed by atoms with E-state index in [0.717, 1.165) is 37.7 Å². The van der Waals surface area contributed by atoms with Crippen molar-refractivity contribution in [3.63, 3.8) is 0 Å². The Morgan fingerprint density at radius 1 is 0.933 bits per heavy atom. The number of unbranched alkanes of at least 4 members (excludes halogenated alkanes) is 3. The minimum atomic E-state index is -0.727. The van der Waals surface area contributed by atoms with Gasteiger partial charge in [0.2, 0.25) is 0 Å². The van der Waals surface area contributed by atoms with Crippen molar-refractivity contribution in [2.75, 3.05) is 6.54 Å². The average molecular weight is 418 g/mol. The van der Waals surface area contributed by atoms with Crippen molar-refractivity contribution in [1.82, 2.24) is 10.9 Å². The minimum Gasteiger partial charge on any atom is -0.481 e. The van der Waals surface area contributed by atoms with Gasteiger partial charge in [-0.2, -0.15) is 0 Å². The fourth-order valence-corrected chi connectivity index (χ4v) is 4.83. The maximum absolute atomic E-state index is 11.9. The number of rotatable bonds is 12. The first kappa shape index (κ1) is 21.1. The molecule has 2 bridgehead atoms. The highest BCUT2D eigenvalue weighted by molar-refractivity contribution is 5.66. The van der Waals surface area contributed by atoms with Crippen LogP contribution in [0.15, 0.2) is 30.3 Å². The van der Waals surface area contributed by atoms with Crippen LogP contribution in [0.2, 0.25) is 0 Å². The number of ether oxygens (including phenoxy) is 3. The number of epoxide rings is 1. The first-order chi connectivity index (χ1) is 14.6. The van der Waals surface area contributed by atoms with Crippen molar-refractivity contribution in [3.05, 3.63) is 35.9 Å². The lowest BCUT2D eigenvalue weighted by atomic mass is 9.76. The second-order valence-electron chi connectivity index (χ2n) is 8.37. The maximum Gasteiger partial charge on any atom is 0.421 e. The molecule has 0 spiro atoms. The molecule has 4 rings (SSSR count). The number of benzene rings is 1. The summed E-state index contributed by atoms with van der Waals surface area (Å²) in [6.07, 6.45) is 5.22. The maximum atomic E-state index is 11.9. The molecule has 1 aromatic rings. The lowest BCUT2D eigenvalue weighted by Gasteiger charge is -2.26. The van der Waals surface area contributed by atoms with E-state index >= 15 is 0 Å². The molecule has 30 heavy (non-hydrogen) atoms. The van der Waals surface area contributed by atoms with E-state index < -0.39 is 12.1 Å². The Bertz CT molecular complexity index is 730. The van der Waals surface area contributed by atoms with E-state index in [4.69, 9.17) is 19.3 Å². The lowest BCUT2D eigenvalue weighted by Crippen LogP contribution is -2.45. The number of carboxylic acid groups (broad SMARTS) is 1. The van der Waals surface area contributed by atoms with Gasteiger partial charge in [0.15, 0.2) is 0 Å². The van der Waals surface area contributed by atoms with E-state index in [1.54, 1.807) is 0 Å². The zero-order valence-electron chi connectivity index (χ0n) is 17.0. The third-order valence-electron chi connectivity index (χ3n) is 6.34. The highest BCUT2D eigenvalue weighted by Gasteiger charge is 2.68. The van der Waals surface area contributed by atoms with E-state index in [-0.39, 0.29) is 43.4 Å². The van der Waals surface area contributed by atoms with E-state index in [1.807, 2.05) is 30.3 Å². The summed E-state index contributed by atoms with van der Waals surface area (Å²) in [6, 6.07) is 9.55. The predicted octanol–water partition coefficient (Wildman–Crippen LogP) is 2.62. The molecule has 6 atom stereocenters. The molecule has 0 unspecified atom stereocenters. The highest BCUT2D eigenvalue weighted by Crippen LogP contribution is 2.54. The molecule has 164 valence electrons. The van der Waals surface area contributed by atoms with Crippen LogP contribution in [0.4, 0.5) is 4.79 Å². The van der Waals surface area contributed by atoms with Crippen LogP contribution in [0.25, 0.3) is 0 Å². The van der Waals surface area contributed by atoms with Crippen LogP contribution >= 0.6 is 0 Å². The normalized spacial score (nSPS) is 30.7. The van der Waals surface area contributed by atoms with Crippen molar-refractivity contribution in [3.8, 4) is 0 Å². The van der Waals surface area contributed by atoms with Crippen molar-refractivity contribution < 1.29 is 28.9 Å². The summed E-state index contributed by atoms with van der Waals surface area (Å²) in [7, 11) is 0. The van der Waals surface area contributed by atoms with Crippen molar-refractivity contribution in [2.24, 2.45) is 11.8 Å². The summed E-state index contributed by atoms with van der Waals surface area (Å²) in [5.41, 5.74) is 6.57. The molecule has 3 N–H and O–H groups in total. The first-order valence-corrected chi connectivity index (χ1v) is 10.9. The molecule has 8 heteroatoms. The summed E-state index contributed by atoms with van der Waals surface area (Å²) in [4.78, 5) is 22.5. The van der Waals surface area contributed by atoms with Crippen LogP contribution in [-0.4, -0.2) is 48.1 Å². The first-order valence-electron chi connectivity index (χ1n) is 10.9. The summed E-state index contributed by atoms with van der Waals surface area (Å²) >= 11 is 0. The number of nitrogens with one attached hydrogen (secondary N) is 2. The van der Waals surface area contributed by atoms with Gasteiger partial charge in [0.25, 0.3) is 0 Å². The lowest BCUT2D eigenvalue weighted by molar-refractivity contribution is -0.137. The van der Waals surface area contributed by atoms with Crippen LogP contribution < -0.4 is 10.9 Å². The Balaban J connectivity index is 1.16. The number of amides is 1. The molecule has 1 aromatic carbocycles. The fourth-order valence-electron chi connectivity index (χ4n) is 4.83. The zero-order valence-corrected chi connectivity index (χ0v) is 17.0. The minimum absolute atomic E-state index is 0.0895. The van der Waals surface area contributed by atoms with Gasteiger partial charge in [0, 0.05) is 18.9 Å². The molecule has 3 fully saturated rings. The Labute approximate surface area is 176 Å². The third-order valence-corrected chi connectivity index (χ3v) is 6.34. The summed E-state index contributed by atoms with van der Waals surface area (Å²) < 4.78 is 17.1. The molecule has 0 aromatic heterocycles. The van der Waals surface area contributed by atoms with E-state index in [0.29, 0.717) is 12.5 Å². The molecule has 8 nitrogen and oxygen atoms in total. The topological polar surface area (TPSA) is 109 Å². The van der Waals surface area contributed by atoms with E-state index in [9.17, 15) is 9.59 Å². The Hall–Kier alpha value is -2.16. The predicted molar refractivity (Wildman–Crippen MR) is 107 cm³/mol. The highest BCUT2D eigenvalue weighted by atomic mass is 16.7. The van der Waals surface area contributed by atoms with Gasteiger partial charge in [0.05, 0.1) is 12.2 Å². The molecule has 3 saturated heterocycles. The molecular weight excluding hydrogens is 388 g/mol. The number of carboxylic acids is 1. The van der Waals surface area contributed by atoms with Gasteiger partial charge in [-0.05, 0) is 24.3 Å². The quantitative estimate of drug-likeness (QED) is 0.272. The van der Waals surface area contributed by atoms with Crippen LogP contribution in [0.1, 0.15) is 44.1 Å². The Morgan fingerprint density at radius 2 is 1.63 bits per heavy atom. The molecule has 0 saturated carbocycles. The van der Waals surface area contributed by atoms with Crippen LogP contribution in [-0.2, 0) is 25.6 Å². The molecule has 3 aliphatic rings. The molecule has 3 heterocycles. The largest absolute Gasteiger partial charge is 0.481 e. The summed E-state index contributed by atoms with van der Waals surface area (Å²) in [6.45, 7) is 0.839. The monoisotopic (exact) mass is 418 g/mol. The standard InChI is InChI=1S/C22H30N2O6/c25-17(26)11-7-2-1-6-10-15-16(19-21-20(30-21)18(15)29-19)12-23-24-22(27)28-13-14-8-4-3-5-9-14/h3-5,8-9,15-16,18-21,23H,1-2,6-7,10-13H2,(H,24,27)(H,25,26)/t15-,16+,18+,19-,20-,21+/m1/s1. The van der Waals surface area contributed by atoms with Gasteiger partial charge in [0.1, 0.15) is 18.8 Å². The Morgan fingerprint density at radius 3 is 2.40 bits per heavy atom. The van der Waals surface area contributed by atoms with Gasteiger partial charge in [-0.1, -0.05) is 49.6 Å². The smallest absolute Gasteiger partial charge is 0.421 e. The summed E-state index contributed by atoms with van der Waals surface area (Å²) in [5.74, 6) is -0.0468. The van der Waals surface area contributed by atoms with Crippen molar-refractivity contribution >= 4 is 12.1 Å². The number of hydrogen-bond donors (Lipinski definition) is 3. The number of hydrogen-bond acceptors (Lipinski definition) is 6. The zero-order chi connectivity index (χ0) is 20.9. The van der Waals surface area contributed by atoms with Gasteiger partial charge in [-0.25, -0.2) is 10.2 Å². The third kappa shape index (κ3) is 5.11. The van der Waals surface area contributed by atoms with E-state index in [2.05, 4.69) is 10.9 Å². The second kappa shape index (κ2) is 9.76. The van der Waals surface area contributed by atoms with Crippen LogP contribution in [0.5, 0.6) is 0 Å². The molecule has 1 amide bonds. The number of fused-ring (bicyclic) bond motifs is 5. The average Bonchev–Trinajstić information content (AvgIpc) is 3.37. The van der Waals surface area contributed by atoms with Crippen molar-refractivity contribution in [1.29, 1.82) is 0 Å². The molecular formula is C22H30N2O6. The number of hydrazine groups is 1.